The van der Waals surface area contributed by atoms with Crippen LogP contribution >= 0.6 is 0 Å². The van der Waals surface area contributed by atoms with Crippen LogP contribution in [0.15, 0.2) is 66.9 Å². The molecular formula is C25H31N3. The molecule has 1 aromatic heterocycles. The van der Waals surface area contributed by atoms with Gasteiger partial charge in [-0.1, -0.05) is 75.4 Å². The van der Waals surface area contributed by atoms with Gasteiger partial charge in [0.1, 0.15) is 5.69 Å². The molecule has 4 rings (SSSR count). The Hall–Kier alpha value is -2.52. The second-order valence-electron chi connectivity index (χ2n) is 7.32. The molecule has 0 unspecified atom stereocenters. The summed E-state index contributed by atoms with van der Waals surface area (Å²) >= 11 is 0. The molecule has 3 nitrogen and oxygen atoms in total. The Balaban J connectivity index is 0.00000109. The van der Waals surface area contributed by atoms with Crippen molar-refractivity contribution in [2.24, 2.45) is 5.92 Å². The van der Waals surface area contributed by atoms with Gasteiger partial charge in [-0.2, -0.15) is 5.10 Å². The van der Waals surface area contributed by atoms with Crippen LogP contribution in [0.25, 0.3) is 22.4 Å². The maximum absolute atomic E-state index is 4.42. The van der Waals surface area contributed by atoms with E-state index in [4.69, 9.17) is 0 Å². The molecule has 2 aromatic carbocycles. The zero-order chi connectivity index (χ0) is 19.8. The number of hydrogen-bond acceptors (Lipinski definition) is 3. The average Bonchev–Trinajstić information content (AvgIpc) is 2.78. The summed E-state index contributed by atoms with van der Waals surface area (Å²) in [5, 5.41) is 8.53. The monoisotopic (exact) mass is 373 g/mol. The van der Waals surface area contributed by atoms with Crippen LogP contribution in [0.3, 0.4) is 0 Å². The molecule has 0 radical (unpaired) electrons. The molecule has 1 aliphatic rings. The summed E-state index contributed by atoms with van der Waals surface area (Å²) in [6, 6.07) is 21.3. The third-order valence-corrected chi connectivity index (χ3v) is 5.32. The lowest BCUT2D eigenvalue weighted by Crippen LogP contribution is -2.32. The van der Waals surface area contributed by atoms with Gasteiger partial charge in [-0.3, -0.25) is 4.90 Å². The zero-order valence-corrected chi connectivity index (χ0v) is 17.3. The molecule has 0 saturated carbocycles. The third-order valence-electron chi connectivity index (χ3n) is 5.32. The fraction of sp³-hybridized carbons (Fsp3) is 0.360. The highest BCUT2D eigenvalue weighted by Gasteiger charge is 2.16. The van der Waals surface area contributed by atoms with Gasteiger partial charge in [-0.25, -0.2) is 0 Å². The van der Waals surface area contributed by atoms with Gasteiger partial charge in [-0.15, -0.1) is 5.10 Å². The molecule has 1 saturated heterocycles. The summed E-state index contributed by atoms with van der Waals surface area (Å²) in [6.07, 6.45) is 4.40. The lowest BCUT2D eigenvalue weighted by atomic mass is 9.98. The number of rotatable bonds is 4. The van der Waals surface area contributed by atoms with E-state index in [2.05, 4.69) is 70.6 Å². The maximum atomic E-state index is 4.42. The van der Waals surface area contributed by atoms with Crippen LogP contribution in [0.1, 0.15) is 39.2 Å². The van der Waals surface area contributed by atoms with Gasteiger partial charge in [0.25, 0.3) is 0 Å². The van der Waals surface area contributed by atoms with Gasteiger partial charge in [-0.05, 0) is 49.0 Å². The SMILES string of the molecule is CC.CC1CCN(Cc2ccc(-c3nnccc3-c3ccccc3)cc2)CC1. The average molecular weight is 374 g/mol. The maximum Gasteiger partial charge on any atom is 0.101 e. The Bertz CT molecular complexity index is 835. The number of aromatic nitrogens is 2. The van der Waals surface area contributed by atoms with Crippen molar-refractivity contribution in [2.75, 3.05) is 13.1 Å². The molecule has 146 valence electrons. The molecule has 3 heteroatoms. The molecule has 28 heavy (non-hydrogen) atoms. The fourth-order valence-corrected chi connectivity index (χ4v) is 3.64. The molecule has 1 aliphatic heterocycles. The Morgan fingerprint density at radius 3 is 2.21 bits per heavy atom. The molecule has 1 fully saturated rings. The number of hydrogen-bond donors (Lipinski definition) is 0. The van der Waals surface area contributed by atoms with Gasteiger partial charge < -0.3 is 0 Å². The Kier molecular flexibility index (Phi) is 7.32. The van der Waals surface area contributed by atoms with Crippen molar-refractivity contribution in [1.29, 1.82) is 0 Å². The number of benzene rings is 2. The van der Waals surface area contributed by atoms with Crippen molar-refractivity contribution in [2.45, 2.75) is 40.2 Å². The van der Waals surface area contributed by atoms with E-state index in [9.17, 15) is 0 Å². The number of likely N-dealkylation sites (tertiary alicyclic amines) is 1. The first-order chi connectivity index (χ1) is 13.8. The van der Waals surface area contributed by atoms with Crippen molar-refractivity contribution in [3.8, 4) is 22.4 Å². The number of nitrogens with zero attached hydrogens (tertiary/aromatic N) is 3. The first-order valence-electron chi connectivity index (χ1n) is 10.5. The molecule has 2 heterocycles. The topological polar surface area (TPSA) is 29.0 Å². The van der Waals surface area contributed by atoms with Gasteiger partial charge in [0.15, 0.2) is 0 Å². The van der Waals surface area contributed by atoms with Crippen LogP contribution in [0, 0.1) is 5.92 Å². The van der Waals surface area contributed by atoms with E-state index in [-0.39, 0.29) is 0 Å². The van der Waals surface area contributed by atoms with E-state index in [1.807, 2.05) is 26.0 Å². The van der Waals surface area contributed by atoms with Crippen LogP contribution in [-0.2, 0) is 6.54 Å². The summed E-state index contributed by atoms with van der Waals surface area (Å²) in [5.41, 5.74) is 5.72. The van der Waals surface area contributed by atoms with Crippen LogP contribution < -0.4 is 0 Å². The van der Waals surface area contributed by atoms with Crippen molar-refractivity contribution in [3.63, 3.8) is 0 Å². The molecule has 0 aliphatic carbocycles. The van der Waals surface area contributed by atoms with Gasteiger partial charge in [0.2, 0.25) is 0 Å². The minimum absolute atomic E-state index is 0.877. The summed E-state index contributed by atoms with van der Waals surface area (Å²) in [4.78, 5) is 2.56. The predicted molar refractivity (Wildman–Crippen MR) is 118 cm³/mol. The fourth-order valence-electron chi connectivity index (χ4n) is 3.64. The molecule has 3 aromatic rings. The van der Waals surface area contributed by atoms with Crippen LogP contribution in [0.4, 0.5) is 0 Å². The Morgan fingerprint density at radius 2 is 1.54 bits per heavy atom. The number of piperidine rings is 1. The Labute approximate surface area is 169 Å². The van der Waals surface area contributed by atoms with Crippen molar-refractivity contribution in [1.82, 2.24) is 15.1 Å². The molecular weight excluding hydrogens is 342 g/mol. The van der Waals surface area contributed by atoms with E-state index < -0.39 is 0 Å². The van der Waals surface area contributed by atoms with E-state index in [0.29, 0.717) is 0 Å². The van der Waals surface area contributed by atoms with Gasteiger partial charge >= 0.3 is 0 Å². The summed E-state index contributed by atoms with van der Waals surface area (Å²) in [7, 11) is 0. The molecule has 0 spiro atoms. The largest absolute Gasteiger partial charge is 0.299 e. The lowest BCUT2D eigenvalue weighted by molar-refractivity contribution is 0.185. The van der Waals surface area contributed by atoms with Crippen molar-refractivity contribution < 1.29 is 0 Å². The van der Waals surface area contributed by atoms with Crippen LogP contribution in [0.2, 0.25) is 0 Å². The van der Waals surface area contributed by atoms with Crippen LogP contribution in [0.5, 0.6) is 0 Å². The van der Waals surface area contributed by atoms with E-state index in [1.54, 1.807) is 6.20 Å². The highest BCUT2D eigenvalue weighted by Crippen LogP contribution is 2.29. The second kappa shape index (κ2) is 10.1. The molecule has 0 atom stereocenters. The minimum atomic E-state index is 0.877. The molecule has 0 amide bonds. The zero-order valence-electron chi connectivity index (χ0n) is 17.3. The highest BCUT2D eigenvalue weighted by molar-refractivity contribution is 5.80. The smallest absolute Gasteiger partial charge is 0.101 e. The van der Waals surface area contributed by atoms with Gasteiger partial charge in [0, 0.05) is 17.7 Å². The van der Waals surface area contributed by atoms with Crippen molar-refractivity contribution >= 4 is 0 Å². The van der Waals surface area contributed by atoms with E-state index >= 15 is 0 Å². The van der Waals surface area contributed by atoms with Crippen molar-refractivity contribution in [3.05, 3.63) is 72.4 Å². The first kappa shape index (κ1) is 20.2. The van der Waals surface area contributed by atoms with E-state index in [1.165, 1.54) is 37.1 Å². The minimum Gasteiger partial charge on any atom is -0.299 e. The molecule has 0 N–H and O–H groups in total. The standard InChI is InChI=1S/C23H25N3.C2H6/c1-18-12-15-26(16-13-18)17-19-7-9-21(10-8-19)23-22(11-14-24-25-23)20-5-3-2-4-6-20;1-2/h2-11,14,18H,12-13,15-17H2,1H3;1-2H3. The van der Waals surface area contributed by atoms with Crippen LogP contribution in [-0.4, -0.2) is 28.2 Å². The summed E-state index contributed by atoms with van der Waals surface area (Å²) in [5.74, 6) is 0.877. The predicted octanol–water partition coefficient (Wildman–Crippen LogP) is 6.07. The summed E-state index contributed by atoms with van der Waals surface area (Å²) in [6.45, 7) is 9.83. The lowest BCUT2D eigenvalue weighted by Gasteiger charge is -2.30. The van der Waals surface area contributed by atoms with Gasteiger partial charge in [0.05, 0.1) is 6.20 Å². The summed E-state index contributed by atoms with van der Waals surface area (Å²) < 4.78 is 0. The normalized spacial score (nSPS) is 15.0. The Morgan fingerprint density at radius 1 is 0.857 bits per heavy atom. The third kappa shape index (κ3) is 5.05. The van der Waals surface area contributed by atoms with E-state index in [0.717, 1.165) is 29.3 Å². The first-order valence-corrected chi connectivity index (χ1v) is 10.5. The molecule has 0 bridgehead atoms. The quantitative estimate of drug-likeness (QED) is 0.556. The second-order valence-corrected chi connectivity index (χ2v) is 7.32. The highest BCUT2D eigenvalue weighted by atomic mass is 15.1.